The third kappa shape index (κ3) is 5.91. The summed E-state index contributed by atoms with van der Waals surface area (Å²) >= 11 is 0. The molecule has 1 aromatic heterocycles. The monoisotopic (exact) mass is 588 g/mol. The standard InChI is InChI=1S/C29H35F3N6O4/c1-15(2)38-21(9-10-33-38)26(39)36-25(24(16-3-4-16)17-5-6-17)27(40)34-18-7-8-20-22(14-42-23(20)11-18)37-13-19(35-28(37)41)12-29(30,31)32/h7-11,15-17,19,22,24-25H,3-6,12-14H2,1-2H3,(H,34,40)(H,35,41)(H,36,39)/t19-,22-,25+/m1/s1. The Morgan fingerprint density at radius 2 is 1.86 bits per heavy atom. The molecule has 0 radical (unpaired) electrons. The zero-order valence-electron chi connectivity index (χ0n) is 23.5. The maximum absolute atomic E-state index is 13.8. The summed E-state index contributed by atoms with van der Waals surface area (Å²) in [5.74, 6) is 0.609. The summed E-state index contributed by atoms with van der Waals surface area (Å²) in [4.78, 5) is 41.0. The number of amides is 4. The van der Waals surface area contributed by atoms with E-state index in [1.54, 1.807) is 35.1 Å². The molecule has 1 aromatic carbocycles. The first kappa shape index (κ1) is 28.4. The number of halogens is 3. The number of urea groups is 1. The van der Waals surface area contributed by atoms with Crippen LogP contribution in [0.1, 0.15) is 74.1 Å². The van der Waals surface area contributed by atoms with Crippen molar-refractivity contribution in [2.45, 2.75) is 76.3 Å². The molecule has 2 aliphatic heterocycles. The van der Waals surface area contributed by atoms with Gasteiger partial charge in [0.2, 0.25) is 5.91 Å². The molecule has 226 valence electrons. The number of hydrogen-bond acceptors (Lipinski definition) is 5. The van der Waals surface area contributed by atoms with E-state index in [0.29, 0.717) is 34.5 Å². The van der Waals surface area contributed by atoms with E-state index >= 15 is 0 Å². The minimum absolute atomic E-state index is 0.0203. The van der Waals surface area contributed by atoms with Gasteiger partial charge in [0, 0.05) is 36.1 Å². The van der Waals surface area contributed by atoms with Crippen LogP contribution in [-0.4, -0.2) is 63.9 Å². The molecule has 3 N–H and O–H groups in total. The van der Waals surface area contributed by atoms with Crippen molar-refractivity contribution in [2.24, 2.45) is 17.8 Å². The van der Waals surface area contributed by atoms with Gasteiger partial charge in [-0.25, -0.2) is 4.79 Å². The third-order valence-electron chi connectivity index (χ3n) is 8.58. The normalized spacial score (nSPS) is 22.6. The fourth-order valence-corrected chi connectivity index (χ4v) is 6.38. The molecule has 10 nitrogen and oxygen atoms in total. The second kappa shape index (κ2) is 10.8. The number of benzene rings is 1. The SMILES string of the molecule is CC(C)n1nccc1C(=O)N[C@H](C(=O)Nc1ccc2c(c1)OC[C@H]2N1C[C@@H](CC(F)(F)F)NC1=O)C(C1CC1)C1CC1. The Morgan fingerprint density at radius 3 is 2.50 bits per heavy atom. The van der Waals surface area contributed by atoms with Crippen LogP contribution in [0, 0.1) is 17.8 Å². The topological polar surface area (TPSA) is 118 Å². The molecule has 1 saturated heterocycles. The lowest BCUT2D eigenvalue weighted by atomic mass is 9.88. The number of aromatic nitrogens is 2. The number of anilines is 1. The second-order valence-electron chi connectivity index (χ2n) is 12.1. The Bertz CT molecular complexity index is 1360. The number of hydrogen-bond donors (Lipinski definition) is 3. The summed E-state index contributed by atoms with van der Waals surface area (Å²) in [5, 5.41) is 12.6. The summed E-state index contributed by atoms with van der Waals surface area (Å²) in [6, 6.07) is 3.86. The molecule has 3 fully saturated rings. The largest absolute Gasteiger partial charge is 0.491 e. The van der Waals surface area contributed by atoms with Crippen molar-refractivity contribution in [1.82, 2.24) is 25.3 Å². The Kier molecular flexibility index (Phi) is 7.30. The quantitative estimate of drug-likeness (QED) is 0.380. The molecule has 2 aliphatic carbocycles. The molecule has 4 amide bonds. The minimum Gasteiger partial charge on any atom is -0.491 e. The number of nitrogens with one attached hydrogen (secondary N) is 3. The number of nitrogens with zero attached hydrogens (tertiary/aromatic N) is 3. The molecule has 2 aromatic rings. The predicted molar refractivity (Wildman–Crippen MR) is 146 cm³/mol. The molecular weight excluding hydrogens is 553 g/mol. The third-order valence-corrected chi connectivity index (χ3v) is 8.58. The lowest BCUT2D eigenvalue weighted by Gasteiger charge is -2.28. The molecule has 13 heteroatoms. The van der Waals surface area contributed by atoms with Gasteiger partial charge in [0.1, 0.15) is 24.1 Å². The summed E-state index contributed by atoms with van der Waals surface area (Å²) in [5.41, 5.74) is 1.53. The van der Waals surface area contributed by atoms with Crippen LogP contribution in [0.25, 0.3) is 0 Å². The van der Waals surface area contributed by atoms with Gasteiger partial charge in [-0.1, -0.05) is 6.07 Å². The molecule has 2 saturated carbocycles. The maximum atomic E-state index is 13.8. The first-order valence-corrected chi connectivity index (χ1v) is 14.5. The summed E-state index contributed by atoms with van der Waals surface area (Å²) in [6.07, 6.45) is 0.235. The van der Waals surface area contributed by atoms with Crippen molar-refractivity contribution >= 4 is 23.5 Å². The molecule has 0 bridgehead atoms. The highest BCUT2D eigenvalue weighted by Crippen LogP contribution is 2.51. The fraction of sp³-hybridized carbons (Fsp3) is 0.586. The van der Waals surface area contributed by atoms with E-state index in [-0.39, 0.29) is 36.9 Å². The van der Waals surface area contributed by atoms with Gasteiger partial charge in [0.25, 0.3) is 5.91 Å². The van der Waals surface area contributed by atoms with Crippen molar-refractivity contribution in [3.8, 4) is 5.75 Å². The zero-order valence-corrected chi connectivity index (χ0v) is 23.5. The zero-order chi connectivity index (χ0) is 29.8. The second-order valence-corrected chi connectivity index (χ2v) is 12.1. The van der Waals surface area contributed by atoms with Crippen molar-refractivity contribution in [3.05, 3.63) is 41.7 Å². The van der Waals surface area contributed by atoms with Crippen molar-refractivity contribution in [3.63, 3.8) is 0 Å². The average molecular weight is 589 g/mol. The van der Waals surface area contributed by atoms with Crippen molar-refractivity contribution < 1.29 is 32.3 Å². The van der Waals surface area contributed by atoms with Gasteiger partial charge in [-0.05, 0) is 69.4 Å². The molecule has 42 heavy (non-hydrogen) atoms. The first-order valence-electron chi connectivity index (χ1n) is 14.5. The van der Waals surface area contributed by atoms with Crippen LogP contribution >= 0.6 is 0 Å². The number of fused-ring (bicyclic) bond motifs is 1. The highest BCUT2D eigenvalue weighted by Gasteiger charge is 2.49. The van der Waals surface area contributed by atoms with Gasteiger partial charge >= 0.3 is 12.2 Å². The van der Waals surface area contributed by atoms with E-state index in [9.17, 15) is 27.6 Å². The van der Waals surface area contributed by atoms with Crippen LogP contribution in [0.3, 0.4) is 0 Å². The number of carbonyl (C=O) groups is 3. The van der Waals surface area contributed by atoms with E-state index < -0.39 is 36.8 Å². The number of alkyl halides is 3. The van der Waals surface area contributed by atoms with Crippen LogP contribution in [-0.2, 0) is 4.79 Å². The van der Waals surface area contributed by atoms with Crippen LogP contribution in [0.2, 0.25) is 0 Å². The minimum atomic E-state index is -4.38. The maximum Gasteiger partial charge on any atom is 0.391 e. The Morgan fingerprint density at radius 1 is 1.14 bits per heavy atom. The molecule has 3 heterocycles. The van der Waals surface area contributed by atoms with Crippen LogP contribution < -0.4 is 20.7 Å². The van der Waals surface area contributed by atoms with E-state index in [0.717, 1.165) is 25.7 Å². The van der Waals surface area contributed by atoms with Gasteiger partial charge < -0.3 is 25.6 Å². The van der Waals surface area contributed by atoms with Crippen molar-refractivity contribution in [2.75, 3.05) is 18.5 Å². The average Bonchev–Trinajstić information content (AvgIpc) is 3.80. The van der Waals surface area contributed by atoms with E-state index in [4.69, 9.17) is 4.74 Å². The Hall–Kier alpha value is -3.77. The van der Waals surface area contributed by atoms with Gasteiger partial charge in [0.05, 0.1) is 18.5 Å². The van der Waals surface area contributed by atoms with E-state index in [1.165, 1.54) is 4.90 Å². The van der Waals surface area contributed by atoms with Gasteiger partial charge in [-0.15, -0.1) is 0 Å². The van der Waals surface area contributed by atoms with Crippen LogP contribution in [0.4, 0.5) is 23.7 Å². The van der Waals surface area contributed by atoms with Crippen molar-refractivity contribution in [1.29, 1.82) is 0 Å². The Balaban J connectivity index is 1.17. The van der Waals surface area contributed by atoms with E-state index in [1.807, 2.05) is 13.8 Å². The highest BCUT2D eigenvalue weighted by molar-refractivity contribution is 6.01. The smallest absolute Gasteiger partial charge is 0.391 e. The van der Waals surface area contributed by atoms with Gasteiger partial charge in [0.15, 0.2) is 0 Å². The summed E-state index contributed by atoms with van der Waals surface area (Å²) in [7, 11) is 0. The number of carbonyl (C=O) groups excluding carboxylic acids is 3. The van der Waals surface area contributed by atoms with Gasteiger partial charge in [-0.3, -0.25) is 14.3 Å². The molecular formula is C29H35F3N6O4. The first-order chi connectivity index (χ1) is 20.0. The van der Waals surface area contributed by atoms with Crippen LogP contribution in [0.15, 0.2) is 30.5 Å². The lowest BCUT2D eigenvalue weighted by Crippen LogP contribution is -2.50. The summed E-state index contributed by atoms with van der Waals surface area (Å²) < 4.78 is 46.0. The number of rotatable bonds is 10. The molecule has 0 unspecified atom stereocenters. The summed E-state index contributed by atoms with van der Waals surface area (Å²) in [6.45, 7) is 3.89. The molecule has 3 atom stereocenters. The predicted octanol–water partition coefficient (Wildman–Crippen LogP) is 4.42. The highest BCUT2D eigenvalue weighted by atomic mass is 19.4. The molecule has 4 aliphatic rings. The molecule has 0 spiro atoms. The fourth-order valence-electron chi connectivity index (χ4n) is 6.38. The van der Waals surface area contributed by atoms with Gasteiger partial charge in [-0.2, -0.15) is 18.3 Å². The lowest BCUT2D eigenvalue weighted by molar-refractivity contribution is -0.138. The Labute approximate surface area is 241 Å². The molecule has 6 rings (SSSR count). The number of ether oxygens (including phenoxy) is 1. The van der Waals surface area contributed by atoms with E-state index in [2.05, 4.69) is 21.0 Å². The van der Waals surface area contributed by atoms with Crippen LogP contribution in [0.5, 0.6) is 5.75 Å².